The molecule has 0 amide bonds. The number of unbranched alkanes of at least 4 members (excludes halogenated alkanes) is 2. The average Bonchev–Trinajstić information content (AvgIpc) is 3.63. The summed E-state index contributed by atoms with van der Waals surface area (Å²) in [5, 5.41) is 3.31. The van der Waals surface area contributed by atoms with Crippen molar-refractivity contribution in [3.8, 4) is 21.6 Å². The van der Waals surface area contributed by atoms with Gasteiger partial charge in [0.1, 0.15) is 0 Å². The highest BCUT2D eigenvalue weighted by atomic mass is 32.1. The lowest BCUT2D eigenvalue weighted by atomic mass is 9.60. The van der Waals surface area contributed by atoms with Gasteiger partial charge in [0, 0.05) is 29.3 Å². The molecule has 36 heavy (non-hydrogen) atoms. The number of aliphatic imine (C=N–C) groups is 1. The SMILES string of the molecule is CC#Cc1ccc(-c2ccc(C(=O)[C@H]3CC[C@H](CNC(N)=NC)C[C@@]34CC[C@H](CCCCC)C4)s2)s1. The van der Waals surface area contributed by atoms with Gasteiger partial charge in [0.25, 0.3) is 0 Å². The lowest BCUT2D eigenvalue weighted by Gasteiger charge is -2.44. The minimum atomic E-state index is 0.133. The van der Waals surface area contributed by atoms with Crippen molar-refractivity contribution in [1.82, 2.24) is 5.32 Å². The quantitative estimate of drug-likeness (QED) is 0.119. The summed E-state index contributed by atoms with van der Waals surface area (Å²) in [5.41, 5.74) is 6.06. The summed E-state index contributed by atoms with van der Waals surface area (Å²) in [7, 11) is 1.72. The molecule has 0 aromatic carbocycles. The first-order valence-corrected chi connectivity index (χ1v) is 15.2. The zero-order valence-corrected chi connectivity index (χ0v) is 23.7. The molecule has 0 saturated heterocycles. The summed E-state index contributed by atoms with van der Waals surface area (Å²) >= 11 is 3.37. The number of Topliss-reactive ketones (excluding diaryl/α,β-unsaturated/α-hetero) is 1. The predicted molar refractivity (Wildman–Crippen MR) is 155 cm³/mol. The van der Waals surface area contributed by atoms with Crippen LogP contribution in [0.5, 0.6) is 0 Å². The third-order valence-electron chi connectivity index (χ3n) is 8.33. The number of hydrogen-bond donors (Lipinski definition) is 2. The summed E-state index contributed by atoms with van der Waals surface area (Å²) in [6.07, 6.45) is 12.1. The molecule has 2 aromatic heterocycles. The molecule has 194 valence electrons. The maximum atomic E-state index is 14.0. The number of nitrogens with zero attached hydrogens (tertiary/aromatic N) is 1. The molecule has 3 N–H and O–H groups in total. The van der Waals surface area contributed by atoms with Crippen molar-refractivity contribution in [2.75, 3.05) is 13.6 Å². The Labute approximate surface area is 225 Å². The fourth-order valence-electron chi connectivity index (χ4n) is 6.58. The molecule has 1 spiro atoms. The second-order valence-corrected chi connectivity index (χ2v) is 12.9. The molecule has 2 aromatic rings. The molecule has 2 heterocycles. The van der Waals surface area contributed by atoms with Gasteiger partial charge in [-0.1, -0.05) is 38.5 Å². The number of nitrogens with two attached hydrogens (primary N) is 1. The summed E-state index contributed by atoms with van der Waals surface area (Å²) in [6, 6.07) is 8.41. The Bertz CT molecular complexity index is 1120. The molecule has 4 atom stereocenters. The fourth-order valence-corrected chi connectivity index (χ4v) is 8.58. The molecule has 4 rings (SSSR count). The van der Waals surface area contributed by atoms with E-state index in [1.807, 2.05) is 6.92 Å². The van der Waals surface area contributed by atoms with Crippen LogP contribution in [0.2, 0.25) is 0 Å². The number of guanidine groups is 1. The standard InChI is InChI=1S/C30H41N3OS2/c1-4-6-7-9-21-16-17-30(18-21)19-22(20-33-29(31)32-3)10-12-24(30)28(34)27-15-14-26(36-27)25-13-11-23(35-25)8-5-2/h11,13-15,21-22,24H,4,6-7,9-10,12,16-20H2,1-3H3,(H3,31,32,33)/t21-,22-,24+,30-/m0/s1. The van der Waals surface area contributed by atoms with E-state index in [4.69, 9.17) is 5.73 Å². The number of rotatable bonds is 9. The summed E-state index contributed by atoms with van der Waals surface area (Å²) in [5.74, 6) is 8.47. The Kier molecular flexibility index (Phi) is 9.30. The first kappa shape index (κ1) is 26.9. The largest absolute Gasteiger partial charge is 0.370 e. The molecule has 0 radical (unpaired) electrons. The highest BCUT2D eigenvalue weighted by molar-refractivity contribution is 7.23. The Balaban J connectivity index is 1.51. The van der Waals surface area contributed by atoms with Crippen molar-refractivity contribution in [3.63, 3.8) is 0 Å². The molecule has 2 aliphatic carbocycles. The topological polar surface area (TPSA) is 67.5 Å². The van der Waals surface area contributed by atoms with Gasteiger partial charge in [-0.15, -0.1) is 28.6 Å². The van der Waals surface area contributed by atoms with E-state index in [0.717, 1.165) is 41.5 Å². The van der Waals surface area contributed by atoms with Crippen LogP contribution in [0.1, 0.15) is 92.6 Å². The van der Waals surface area contributed by atoms with Crippen molar-refractivity contribution in [2.24, 2.45) is 33.9 Å². The van der Waals surface area contributed by atoms with Crippen molar-refractivity contribution >= 4 is 34.4 Å². The van der Waals surface area contributed by atoms with Crippen LogP contribution in [-0.4, -0.2) is 25.3 Å². The molecule has 6 heteroatoms. The summed E-state index contributed by atoms with van der Waals surface area (Å²) in [6.45, 7) is 5.00. The van der Waals surface area contributed by atoms with Gasteiger partial charge in [-0.25, -0.2) is 0 Å². The summed E-state index contributed by atoms with van der Waals surface area (Å²) in [4.78, 5) is 22.5. The van der Waals surface area contributed by atoms with Crippen LogP contribution in [0.4, 0.5) is 0 Å². The minimum Gasteiger partial charge on any atom is -0.370 e. The Morgan fingerprint density at radius 1 is 1.11 bits per heavy atom. The van der Waals surface area contributed by atoms with Crippen LogP contribution >= 0.6 is 22.7 Å². The van der Waals surface area contributed by atoms with E-state index in [9.17, 15) is 4.79 Å². The van der Waals surface area contributed by atoms with Crippen molar-refractivity contribution in [3.05, 3.63) is 34.0 Å². The van der Waals surface area contributed by atoms with Gasteiger partial charge in [-0.3, -0.25) is 9.79 Å². The fraction of sp³-hybridized carbons (Fsp3) is 0.600. The van der Waals surface area contributed by atoms with Gasteiger partial charge in [-0.2, -0.15) is 0 Å². The van der Waals surface area contributed by atoms with Crippen LogP contribution in [0.25, 0.3) is 9.75 Å². The molecule has 2 aliphatic rings. The van der Waals surface area contributed by atoms with E-state index in [1.165, 1.54) is 54.7 Å². The number of carbonyl (C=O) groups excluding carboxylic acids is 1. The van der Waals surface area contributed by atoms with E-state index in [2.05, 4.69) is 53.3 Å². The molecule has 2 fully saturated rings. The highest BCUT2D eigenvalue weighted by Crippen LogP contribution is 2.57. The lowest BCUT2D eigenvalue weighted by Crippen LogP contribution is -2.44. The van der Waals surface area contributed by atoms with Gasteiger partial charge < -0.3 is 11.1 Å². The minimum absolute atomic E-state index is 0.133. The normalized spacial score (nSPS) is 26.1. The zero-order chi connectivity index (χ0) is 25.5. The molecular weight excluding hydrogens is 482 g/mol. The number of carbonyl (C=O) groups is 1. The molecule has 2 saturated carbocycles. The van der Waals surface area contributed by atoms with Gasteiger partial charge in [0.15, 0.2) is 11.7 Å². The van der Waals surface area contributed by atoms with Gasteiger partial charge in [-0.05, 0) is 87.0 Å². The Morgan fingerprint density at radius 3 is 2.67 bits per heavy atom. The number of ketones is 1. The lowest BCUT2D eigenvalue weighted by molar-refractivity contribution is 0.0455. The first-order valence-electron chi connectivity index (χ1n) is 13.6. The second kappa shape index (κ2) is 12.4. The van der Waals surface area contributed by atoms with Gasteiger partial charge in [0.05, 0.1) is 9.75 Å². The maximum Gasteiger partial charge on any atom is 0.188 e. The van der Waals surface area contributed by atoms with Gasteiger partial charge in [0.2, 0.25) is 0 Å². The maximum absolute atomic E-state index is 14.0. The van der Waals surface area contributed by atoms with Crippen LogP contribution in [0, 0.1) is 35.0 Å². The third-order valence-corrected chi connectivity index (χ3v) is 10.6. The van der Waals surface area contributed by atoms with Gasteiger partial charge >= 0.3 is 0 Å². The smallest absolute Gasteiger partial charge is 0.188 e. The average molecular weight is 524 g/mol. The summed E-state index contributed by atoms with van der Waals surface area (Å²) < 4.78 is 0. The van der Waals surface area contributed by atoms with Crippen LogP contribution in [0.3, 0.4) is 0 Å². The Hall–Kier alpha value is -2.10. The molecular formula is C30H41N3OS2. The van der Waals surface area contributed by atoms with Crippen molar-refractivity contribution in [1.29, 1.82) is 0 Å². The number of thiophene rings is 2. The van der Waals surface area contributed by atoms with Crippen LogP contribution in [0.15, 0.2) is 29.3 Å². The van der Waals surface area contributed by atoms with Crippen LogP contribution < -0.4 is 11.1 Å². The zero-order valence-electron chi connectivity index (χ0n) is 22.1. The van der Waals surface area contributed by atoms with Crippen molar-refractivity contribution in [2.45, 2.75) is 78.1 Å². The predicted octanol–water partition coefficient (Wildman–Crippen LogP) is 7.35. The molecule has 0 bridgehead atoms. The number of hydrogen-bond acceptors (Lipinski definition) is 4. The van der Waals surface area contributed by atoms with E-state index in [0.29, 0.717) is 17.7 Å². The Morgan fingerprint density at radius 2 is 1.89 bits per heavy atom. The third kappa shape index (κ3) is 6.23. The molecule has 4 nitrogen and oxygen atoms in total. The van der Waals surface area contributed by atoms with E-state index < -0.39 is 0 Å². The van der Waals surface area contributed by atoms with E-state index in [1.54, 1.807) is 29.7 Å². The monoisotopic (exact) mass is 523 g/mol. The molecule has 0 unspecified atom stereocenters. The van der Waals surface area contributed by atoms with E-state index in [-0.39, 0.29) is 11.3 Å². The molecule has 0 aliphatic heterocycles. The van der Waals surface area contributed by atoms with Crippen molar-refractivity contribution < 1.29 is 4.79 Å². The van der Waals surface area contributed by atoms with Crippen LogP contribution in [-0.2, 0) is 0 Å². The first-order chi connectivity index (χ1) is 17.5. The van der Waals surface area contributed by atoms with E-state index >= 15 is 0 Å². The second-order valence-electron chi connectivity index (χ2n) is 10.7. The highest BCUT2D eigenvalue weighted by Gasteiger charge is 2.51. The number of nitrogens with one attached hydrogen (secondary N) is 1.